The summed E-state index contributed by atoms with van der Waals surface area (Å²) in [6.07, 6.45) is 0. The van der Waals surface area contributed by atoms with Crippen LogP contribution in [0.25, 0.3) is 0 Å². The monoisotopic (exact) mass is 352 g/mol. The molecular formula is C20H16O4S. The summed E-state index contributed by atoms with van der Waals surface area (Å²) in [5, 5.41) is 0. The van der Waals surface area contributed by atoms with Crippen molar-refractivity contribution in [3.8, 4) is 11.5 Å². The fraction of sp³-hybridized carbons (Fsp3) is 0.0500. The van der Waals surface area contributed by atoms with Crippen molar-refractivity contribution in [2.24, 2.45) is 0 Å². The highest BCUT2D eigenvalue weighted by Crippen LogP contribution is 2.18. The van der Waals surface area contributed by atoms with Gasteiger partial charge in [-0.25, -0.2) is 0 Å². The second kappa shape index (κ2) is 7.77. The van der Waals surface area contributed by atoms with Crippen molar-refractivity contribution in [2.75, 3.05) is 0 Å². The summed E-state index contributed by atoms with van der Waals surface area (Å²) in [4.78, 5) is 12.3. The lowest BCUT2D eigenvalue weighted by atomic mass is 10.0. The zero-order chi connectivity index (χ0) is 17.6. The molecule has 4 nitrogen and oxygen atoms in total. The molecule has 0 bridgehead atoms. The normalized spacial score (nSPS) is 11.6. The van der Waals surface area contributed by atoms with Gasteiger partial charge in [0.15, 0.2) is 5.78 Å². The van der Waals surface area contributed by atoms with Crippen molar-refractivity contribution in [1.82, 2.24) is 0 Å². The summed E-state index contributed by atoms with van der Waals surface area (Å²) in [6.45, 7) is 1.95. The number of benzene rings is 3. The molecule has 0 aliphatic heterocycles. The van der Waals surface area contributed by atoms with Gasteiger partial charge in [0.1, 0.15) is 11.5 Å². The van der Waals surface area contributed by atoms with Gasteiger partial charge < -0.3 is 8.37 Å². The van der Waals surface area contributed by atoms with Crippen LogP contribution in [0.2, 0.25) is 0 Å². The summed E-state index contributed by atoms with van der Waals surface area (Å²) in [7, 11) is 0. The smallest absolute Gasteiger partial charge is 0.371 e. The second-order valence-electron chi connectivity index (χ2n) is 5.40. The standard InChI is InChI=1S/C20H16O4S/c1-15-7-11-18(12-8-15)23-25(22)24-19-13-9-17(10-14-19)20(21)16-5-3-2-4-6-16/h2-14H,1H3. The molecular weight excluding hydrogens is 336 g/mol. The van der Waals surface area contributed by atoms with E-state index in [1.165, 1.54) is 0 Å². The molecule has 0 spiro atoms. The summed E-state index contributed by atoms with van der Waals surface area (Å²) in [6, 6.07) is 22.6. The van der Waals surface area contributed by atoms with Gasteiger partial charge in [0.25, 0.3) is 0 Å². The number of aryl methyl sites for hydroxylation is 1. The molecule has 1 unspecified atom stereocenters. The van der Waals surface area contributed by atoms with Crippen LogP contribution in [0.3, 0.4) is 0 Å². The van der Waals surface area contributed by atoms with Crippen molar-refractivity contribution in [2.45, 2.75) is 6.92 Å². The van der Waals surface area contributed by atoms with Crippen LogP contribution >= 0.6 is 0 Å². The van der Waals surface area contributed by atoms with Crippen molar-refractivity contribution < 1.29 is 17.4 Å². The largest absolute Gasteiger partial charge is 0.417 e. The van der Waals surface area contributed by atoms with Gasteiger partial charge in [-0.05, 0) is 43.3 Å². The first-order valence-electron chi connectivity index (χ1n) is 7.67. The Bertz CT molecular complexity index is 872. The molecule has 0 radical (unpaired) electrons. The third kappa shape index (κ3) is 4.55. The first-order chi connectivity index (χ1) is 12.1. The molecule has 0 amide bonds. The number of hydrogen-bond acceptors (Lipinski definition) is 4. The minimum Gasteiger partial charge on any atom is -0.371 e. The molecule has 5 heteroatoms. The van der Waals surface area contributed by atoms with Crippen molar-refractivity contribution in [3.05, 3.63) is 95.6 Å². The maximum absolute atomic E-state index is 12.3. The Morgan fingerprint density at radius 3 is 1.76 bits per heavy atom. The summed E-state index contributed by atoms with van der Waals surface area (Å²) < 4.78 is 22.3. The summed E-state index contributed by atoms with van der Waals surface area (Å²) in [5.74, 6) is 0.735. The number of hydrogen-bond donors (Lipinski definition) is 0. The average Bonchev–Trinajstić information content (AvgIpc) is 2.64. The molecule has 0 saturated heterocycles. The maximum atomic E-state index is 12.3. The molecule has 3 aromatic carbocycles. The molecule has 0 heterocycles. The van der Waals surface area contributed by atoms with E-state index in [0.29, 0.717) is 22.6 Å². The van der Waals surface area contributed by atoms with E-state index in [9.17, 15) is 9.00 Å². The highest BCUT2D eigenvalue weighted by atomic mass is 32.2. The first kappa shape index (κ1) is 16.9. The first-order valence-corrected chi connectivity index (χ1v) is 8.67. The number of ketones is 1. The van der Waals surface area contributed by atoms with E-state index in [2.05, 4.69) is 0 Å². The van der Waals surface area contributed by atoms with E-state index in [4.69, 9.17) is 8.37 Å². The van der Waals surface area contributed by atoms with Crippen LogP contribution in [0.1, 0.15) is 21.5 Å². The lowest BCUT2D eigenvalue weighted by Gasteiger charge is -2.07. The topological polar surface area (TPSA) is 52.6 Å². The van der Waals surface area contributed by atoms with E-state index in [0.717, 1.165) is 5.56 Å². The molecule has 0 aliphatic carbocycles. The molecule has 0 saturated carbocycles. The van der Waals surface area contributed by atoms with Gasteiger partial charge in [0, 0.05) is 11.1 Å². The lowest BCUT2D eigenvalue weighted by molar-refractivity contribution is 0.103. The Hall–Kier alpha value is -2.92. The van der Waals surface area contributed by atoms with Gasteiger partial charge in [-0.2, -0.15) is 4.21 Å². The van der Waals surface area contributed by atoms with Gasteiger partial charge in [0.05, 0.1) is 0 Å². The minimum atomic E-state index is -1.97. The number of carbonyl (C=O) groups excluding carboxylic acids is 1. The Morgan fingerprint density at radius 1 is 0.720 bits per heavy atom. The van der Waals surface area contributed by atoms with Crippen molar-refractivity contribution in [3.63, 3.8) is 0 Å². The number of carbonyl (C=O) groups is 1. The van der Waals surface area contributed by atoms with Crippen LogP contribution in [0.5, 0.6) is 11.5 Å². The quantitative estimate of drug-likeness (QED) is 0.622. The van der Waals surface area contributed by atoms with Crippen LogP contribution in [-0.4, -0.2) is 9.99 Å². The number of rotatable bonds is 6. The van der Waals surface area contributed by atoms with Crippen molar-refractivity contribution >= 4 is 17.1 Å². The zero-order valence-electron chi connectivity index (χ0n) is 13.5. The molecule has 3 rings (SSSR count). The Morgan fingerprint density at radius 2 is 1.20 bits per heavy atom. The Kier molecular flexibility index (Phi) is 5.26. The van der Waals surface area contributed by atoms with E-state index in [1.807, 2.05) is 37.3 Å². The van der Waals surface area contributed by atoms with E-state index < -0.39 is 11.4 Å². The average molecular weight is 352 g/mol. The van der Waals surface area contributed by atoms with E-state index >= 15 is 0 Å². The van der Waals surface area contributed by atoms with E-state index in [1.54, 1.807) is 48.5 Å². The van der Waals surface area contributed by atoms with Crippen molar-refractivity contribution in [1.29, 1.82) is 0 Å². The molecule has 126 valence electrons. The van der Waals surface area contributed by atoms with Crippen LogP contribution in [0.4, 0.5) is 0 Å². The molecule has 3 aromatic rings. The minimum absolute atomic E-state index is 0.0795. The fourth-order valence-corrected chi connectivity index (χ4v) is 2.76. The molecule has 0 fully saturated rings. The molecule has 0 aliphatic rings. The molecule has 25 heavy (non-hydrogen) atoms. The van der Waals surface area contributed by atoms with E-state index in [-0.39, 0.29) is 5.78 Å². The van der Waals surface area contributed by atoms with Gasteiger partial charge in [0.2, 0.25) is 0 Å². The predicted molar refractivity (Wildman–Crippen MR) is 96.9 cm³/mol. The van der Waals surface area contributed by atoms with Crippen LogP contribution in [0, 0.1) is 6.92 Å². The summed E-state index contributed by atoms with van der Waals surface area (Å²) in [5.41, 5.74) is 2.23. The van der Waals surface area contributed by atoms with Crippen LogP contribution in [-0.2, 0) is 11.4 Å². The van der Waals surface area contributed by atoms with Gasteiger partial charge in [-0.3, -0.25) is 4.79 Å². The fourth-order valence-electron chi connectivity index (χ4n) is 2.19. The SMILES string of the molecule is Cc1ccc(OS(=O)Oc2ccc(C(=O)c3ccccc3)cc2)cc1. The third-order valence-electron chi connectivity index (χ3n) is 3.50. The molecule has 1 atom stereocenters. The lowest BCUT2D eigenvalue weighted by Crippen LogP contribution is -2.08. The highest BCUT2D eigenvalue weighted by Gasteiger charge is 2.10. The molecule has 0 aromatic heterocycles. The van der Waals surface area contributed by atoms with Crippen LogP contribution < -0.4 is 8.37 Å². The maximum Gasteiger partial charge on any atom is 0.417 e. The predicted octanol–water partition coefficient (Wildman–Crippen LogP) is 4.26. The zero-order valence-corrected chi connectivity index (χ0v) is 14.4. The van der Waals surface area contributed by atoms with Crippen LogP contribution in [0.15, 0.2) is 78.9 Å². The van der Waals surface area contributed by atoms with Gasteiger partial charge in [-0.15, -0.1) is 0 Å². The Balaban J connectivity index is 1.63. The Labute approximate surface area is 148 Å². The summed E-state index contributed by atoms with van der Waals surface area (Å²) >= 11 is -1.97. The highest BCUT2D eigenvalue weighted by molar-refractivity contribution is 7.75. The van der Waals surface area contributed by atoms with Gasteiger partial charge >= 0.3 is 11.4 Å². The van der Waals surface area contributed by atoms with Gasteiger partial charge in [-0.1, -0.05) is 48.0 Å². The second-order valence-corrected chi connectivity index (χ2v) is 6.14. The molecule has 0 N–H and O–H groups in total. The third-order valence-corrected chi connectivity index (χ3v) is 4.16.